The summed E-state index contributed by atoms with van der Waals surface area (Å²) in [5, 5.41) is 14.1. The molecular weight excluding hydrogens is 456 g/mol. The maximum Gasteiger partial charge on any atom is 0.185 e. The molecule has 8 nitrogen and oxygen atoms in total. The van der Waals surface area contributed by atoms with Crippen molar-refractivity contribution in [3.05, 3.63) is 70.1 Å². The van der Waals surface area contributed by atoms with Crippen LogP contribution in [0.25, 0.3) is 16.8 Å². The van der Waals surface area contributed by atoms with Gasteiger partial charge in [-0.2, -0.15) is 5.10 Å². The van der Waals surface area contributed by atoms with Crippen LogP contribution in [0.15, 0.2) is 42.5 Å². The average molecular weight is 479 g/mol. The highest BCUT2D eigenvalue weighted by molar-refractivity contribution is 6.30. The van der Waals surface area contributed by atoms with Crippen LogP contribution < -0.4 is 9.47 Å². The number of rotatable bonds is 6. The number of hydrogen-bond acceptors (Lipinski definition) is 7. The Hall–Kier alpha value is -3.49. The molecule has 1 aliphatic rings. The van der Waals surface area contributed by atoms with E-state index in [1.54, 1.807) is 25.8 Å². The first-order valence-electron chi connectivity index (χ1n) is 10.8. The van der Waals surface area contributed by atoms with Gasteiger partial charge in [0, 0.05) is 18.6 Å². The molecule has 174 valence electrons. The summed E-state index contributed by atoms with van der Waals surface area (Å²) in [6.07, 6.45) is 0.904. The molecule has 4 aromatic rings. The van der Waals surface area contributed by atoms with Gasteiger partial charge in [0.1, 0.15) is 0 Å². The molecular formula is C25H23ClN4O4. The first-order chi connectivity index (χ1) is 16.5. The zero-order valence-electron chi connectivity index (χ0n) is 19.0. The molecule has 5 rings (SSSR count). The van der Waals surface area contributed by atoms with Crippen molar-refractivity contribution in [3.8, 4) is 22.6 Å². The van der Waals surface area contributed by atoms with E-state index in [0.717, 1.165) is 22.4 Å². The van der Waals surface area contributed by atoms with E-state index in [1.807, 2.05) is 42.5 Å². The van der Waals surface area contributed by atoms with Gasteiger partial charge in [-0.05, 0) is 47.7 Å². The molecule has 0 fully saturated rings. The topological polar surface area (TPSA) is 87.8 Å². The average Bonchev–Trinajstić information content (AvgIpc) is 3.22. The van der Waals surface area contributed by atoms with Crippen molar-refractivity contribution in [2.45, 2.75) is 25.4 Å². The zero-order chi connectivity index (χ0) is 23.8. The highest BCUT2D eigenvalue weighted by Crippen LogP contribution is 2.38. The van der Waals surface area contributed by atoms with Crippen molar-refractivity contribution in [2.75, 3.05) is 21.3 Å². The molecule has 0 radical (unpaired) electrons. The molecule has 0 saturated heterocycles. The fourth-order valence-electron chi connectivity index (χ4n) is 4.53. The molecule has 1 atom stereocenters. The molecule has 1 unspecified atom stereocenters. The number of fused-ring (bicyclic) bond motifs is 3. The van der Waals surface area contributed by atoms with Crippen LogP contribution >= 0.6 is 11.6 Å². The number of Topliss-reactive ketones (excluding diaryl/α,β-unsaturated/α-hetero) is 1. The number of benzene rings is 2. The molecule has 2 aromatic carbocycles. The van der Waals surface area contributed by atoms with Crippen LogP contribution in [0, 0.1) is 0 Å². The molecule has 0 N–H and O–H groups in total. The Balaban J connectivity index is 1.64. The molecule has 9 heteroatoms. The van der Waals surface area contributed by atoms with Gasteiger partial charge in [-0.1, -0.05) is 29.8 Å². The summed E-state index contributed by atoms with van der Waals surface area (Å²) in [5.41, 5.74) is 4.99. The second-order valence-corrected chi connectivity index (χ2v) is 8.57. The van der Waals surface area contributed by atoms with Gasteiger partial charge in [-0.15, -0.1) is 10.2 Å². The lowest BCUT2D eigenvalue weighted by molar-refractivity contribution is 0.0955. The lowest BCUT2D eigenvalue weighted by Crippen LogP contribution is -2.24. The molecule has 0 aliphatic heterocycles. The zero-order valence-corrected chi connectivity index (χ0v) is 19.8. The van der Waals surface area contributed by atoms with Crippen molar-refractivity contribution in [1.82, 2.24) is 19.8 Å². The highest BCUT2D eigenvalue weighted by atomic mass is 35.5. The van der Waals surface area contributed by atoms with Crippen LogP contribution in [0.5, 0.6) is 11.5 Å². The van der Waals surface area contributed by atoms with Crippen molar-refractivity contribution >= 4 is 23.0 Å². The predicted molar refractivity (Wildman–Crippen MR) is 127 cm³/mol. The van der Waals surface area contributed by atoms with Crippen LogP contribution in [-0.2, 0) is 17.8 Å². The minimum atomic E-state index is -0.0662. The third-order valence-electron chi connectivity index (χ3n) is 6.12. The van der Waals surface area contributed by atoms with Gasteiger partial charge in [0.15, 0.2) is 28.6 Å². The third kappa shape index (κ3) is 3.78. The second kappa shape index (κ2) is 9.04. The lowest BCUT2D eigenvalue weighted by Gasteiger charge is -2.24. The van der Waals surface area contributed by atoms with Crippen LogP contribution in [0.2, 0.25) is 5.02 Å². The quantitative estimate of drug-likeness (QED) is 0.402. The number of carbonyl (C=O) groups excluding carboxylic acids is 1. The van der Waals surface area contributed by atoms with Gasteiger partial charge in [-0.25, -0.2) is 4.52 Å². The normalized spacial score (nSPS) is 15.4. The number of aromatic nitrogens is 4. The van der Waals surface area contributed by atoms with Crippen LogP contribution in [0.4, 0.5) is 0 Å². The van der Waals surface area contributed by atoms with E-state index < -0.39 is 0 Å². The highest BCUT2D eigenvalue weighted by Gasteiger charge is 2.32. The fraction of sp³-hybridized carbons (Fsp3) is 0.280. The summed E-state index contributed by atoms with van der Waals surface area (Å²) < 4.78 is 18.0. The van der Waals surface area contributed by atoms with E-state index in [2.05, 4.69) is 10.2 Å². The fourth-order valence-corrected chi connectivity index (χ4v) is 4.73. The van der Waals surface area contributed by atoms with Crippen molar-refractivity contribution in [3.63, 3.8) is 0 Å². The lowest BCUT2D eigenvalue weighted by atomic mass is 9.83. The van der Waals surface area contributed by atoms with Gasteiger partial charge in [0.2, 0.25) is 0 Å². The minimum Gasteiger partial charge on any atom is -0.493 e. The van der Waals surface area contributed by atoms with Gasteiger partial charge in [0.25, 0.3) is 0 Å². The molecule has 0 bridgehead atoms. The van der Waals surface area contributed by atoms with Crippen LogP contribution in [-0.4, -0.2) is 46.9 Å². The number of nitrogens with zero attached hydrogens (tertiary/aromatic N) is 4. The summed E-state index contributed by atoms with van der Waals surface area (Å²) >= 11 is 6.25. The Kier molecular flexibility index (Phi) is 5.93. The number of halogens is 1. The Morgan fingerprint density at radius 3 is 2.59 bits per heavy atom. The summed E-state index contributed by atoms with van der Waals surface area (Å²) in [5.74, 6) is 1.14. The van der Waals surface area contributed by atoms with E-state index in [4.69, 9.17) is 30.9 Å². The summed E-state index contributed by atoms with van der Waals surface area (Å²) in [6, 6.07) is 13.2. The Bertz CT molecular complexity index is 1400. The van der Waals surface area contributed by atoms with Crippen molar-refractivity contribution < 1.29 is 19.0 Å². The predicted octanol–water partition coefficient (Wildman–Crippen LogP) is 4.52. The molecule has 34 heavy (non-hydrogen) atoms. The minimum absolute atomic E-state index is 0.0584. The van der Waals surface area contributed by atoms with Crippen LogP contribution in [0.3, 0.4) is 0 Å². The monoisotopic (exact) mass is 478 g/mol. The maximum atomic E-state index is 13.1. The molecule has 1 aliphatic carbocycles. The van der Waals surface area contributed by atoms with E-state index >= 15 is 0 Å². The second-order valence-electron chi connectivity index (χ2n) is 8.14. The number of methoxy groups -OCH3 is 3. The molecule has 0 spiro atoms. The van der Waals surface area contributed by atoms with E-state index in [9.17, 15) is 4.79 Å². The molecule has 2 aromatic heterocycles. The van der Waals surface area contributed by atoms with Crippen LogP contribution in [0.1, 0.15) is 39.8 Å². The van der Waals surface area contributed by atoms with Crippen molar-refractivity contribution in [1.29, 1.82) is 0 Å². The Morgan fingerprint density at radius 1 is 1.03 bits per heavy atom. The van der Waals surface area contributed by atoms with Gasteiger partial charge < -0.3 is 14.2 Å². The third-order valence-corrected chi connectivity index (χ3v) is 6.35. The number of hydrogen-bond donors (Lipinski definition) is 0. The van der Waals surface area contributed by atoms with Crippen molar-refractivity contribution in [2.24, 2.45) is 0 Å². The molecule has 0 amide bonds. The maximum absolute atomic E-state index is 13.1. The Labute approximate surface area is 201 Å². The summed E-state index contributed by atoms with van der Waals surface area (Å²) in [7, 11) is 4.81. The van der Waals surface area contributed by atoms with Gasteiger partial charge in [-0.3, -0.25) is 4.79 Å². The van der Waals surface area contributed by atoms with Gasteiger partial charge >= 0.3 is 0 Å². The summed E-state index contributed by atoms with van der Waals surface area (Å²) in [6.45, 7) is 0.285. The first-order valence-corrected chi connectivity index (χ1v) is 11.2. The smallest absolute Gasteiger partial charge is 0.185 e. The molecule has 2 heterocycles. The number of ether oxygens (including phenoxy) is 3. The summed E-state index contributed by atoms with van der Waals surface area (Å²) in [4.78, 5) is 13.1. The number of carbonyl (C=O) groups is 1. The van der Waals surface area contributed by atoms with E-state index in [0.29, 0.717) is 46.4 Å². The molecule has 0 saturated carbocycles. The largest absolute Gasteiger partial charge is 0.493 e. The SMILES string of the molecule is COCc1nn2c3c(nnc2c1-c1cccc(Cl)c1)C(=O)CC(c1ccc(OC)c(OC)c1)C3. The number of ketones is 1. The van der Waals surface area contributed by atoms with Gasteiger partial charge in [0.05, 0.1) is 37.8 Å². The van der Waals surface area contributed by atoms with E-state index in [1.165, 1.54) is 0 Å². The standard InChI is InChI=1S/C25H23ClN4O4/c1-32-13-18-23(15-5-4-6-17(26)9-15)25-28-27-24-19(30(25)29-18)10-16(11-20(24)31)14-7-8-21(33-2)22(12-14)34-3/h4-9,12,16H,10-11,13H2,1-3H3. The first kappa shape index (κ1) is 22.3. The Morgan fingerprint density at radius 2 is 1.85 bits per heavy atom. The van der Waals surface area contributed by atoms with E-state index in [-0.39, 0.29) is 18.3 Å².